The van der Waals surface area contributed by atoms with Crippen LogP contribution in [0, 0.1) is 17.5 Å². The zero-order valence-corrected chi connectivity index (χ0v) is 10.1. The standard InChI is InChI=1S/C13H10F3N3O/c14-8-2-1-6(3-9(8)15)19-12-4-7(13(18)20)11(17)5-10(12)16/h1-5,19H,17H2,(H2,18,20). The summed E-state index contributed by atoms with van der Waals surface area (Å²) < 4.78 is 39.5. The molecule has 2 aromatic rings. The Hall–Kier alpha value is -2.70. The maximum atomic E-state index is 13.7. The number of nitrogen functional groups attached to an aromatic ring is 1. The number of nitrogens with one attached hydrogen (secondary N) is 1. The van der Waals surface area contributed by atoms with E-state index in [4.69, 9.17) is 11.5 Å². The van der Waals surface area contributed by atoms with Gasteiger partial charge in [0.15, 0.2) is 11.6 Å². The Morgan fingerprint density at radius 1 is 1.00 bits per heavy atom. The summed E-state index contributed by atoms with van der Waals surface area (Å²) in [7, 11) is 0. The zero-order chi connectivity index (χ0) is 14.9. The van der Waals surface area contributed by atoms with Crippen molar-refractivity contribution in [3.8, 4) is 0 Å². The zero-order valence-electron chi connectivity index (χ0n) is 10.1. The molecule has 0 unspecified atom stereocenters. The predicted octanol–water partition coefficient (Wildman–Crippen LogP) is 2.53. The van der Waals surface area contributed by atoms with E-state index in [2.05, 4.69) is 5.32 Å². The topological polar surface area (TPSA) is 81.1 Å². The molecule has 20 heavy (non-hydrogen) atoms. The average molecular weight is 281 g/mol. The average Bonchev–Trinajstić information content (AvgIpc) is 2.36. The van der Waals surface area contributed by atoms with E-state index in [9.17, 15) is 18.0 Å². The molecule has 1 amide bonds. The van der Waals surface area contributed by atoms with Gasteiger partial charge in [-0.25, -0.2) is 13.2 Å². The molecule has 0 aliphatic carbocycles. The summed E-state index contributed by atoms with van der Waals surface area (Å²) in [6, 6.07) is 4.99. The minimum atomic E-state index is -1.08. The Labute approximate surface area is 112 Å². The highest BCUT2D eigenvalue weighted by Gasteiger charge is 2.12. The monoisotopic (exact) mass is 281 g/mol. The summed E-state index contributed by atoms with van der Waals surface area (Å²) in [5.74, 6) is -3.68. The summed E-state index contributed by atoms with van der Waals surface area (Å²) in [6.45, 7) is 0. The van der Waals surface area contributed by atoms with Crippen molar-refractivity contribution in [1.82, 2.24) is 0 Å². The number of carbonyl (C=O) groups is 1. The summed E-state index contributed by atoms with van der Waals surface area (Å²) in [5, 5.41) is 2.52. The quantitative estimate of drug-likeness (QED) is 0.756. The molecule has 0 fully saturated rings. The lowest BCUT2D eigenvalue weighted by Gasteiger charge is -2.11. The van der Waals surface area contributed by atoms with Crippen LogP contribution in [0.4, 0.5) is 30.2 Å². The predicted molar refractivity (Wildman–Crippen MR) is 69.0 cm³/mol. The molecule has 7 heteroatoms. The lowest BCUT2D eigenvalue weighted by Crippen LogP contribution is -2.14. The van der Waals surface area contributed by atoms with Crippen LogP contribution in [-0.2, 0) is 0 Å². The molecule has 0 aliphatic rings. The Morgan fingerprint density at radius 2 is 1.70 bits per heavy atom. The number of hydrogen-bond acceptors (Lipinski definition) is 3. The van der Waals surface area contributed by atoms with Crippen LogP contribution in [0.5, 0.6) is 0 Å². The molecule has 0 heterocycles. The van der Waals surface area contributed by atoms with Gasteiger partial charge >= 0.3 is 0 Å². The Bertz CT molecular complexity index is 689. The molecule has 5 N–H and O–H groups in total. The number of benzene rings is 2. The second-order valence-electron chi connectivity index (χ2n) is 4.04. The lowest BCUT2D eigenvalue weighted by atomic mass is 10.1. The summed E-state index contributed by atoms with van der Waals surface area (Å²) >= 11 is 0. The summed E-state index contributed by atoms with van der Waals surface area (Å²) in [5.41, 5.74) is 10.4. The van der Waals surface area contributed by atoms with E-state index in [1.54, 1.807) is 0 Å². The molecule has 0 aliphatic heterocycles. The fourth-order valence-corrected chi connectivity index (χ4v) is 1.63. The number of anilines is 3. The van der Waals surface area contributed by atoms with Crippen molar-refractivity contribution in [1.29, 1.82) is 0 Å². The molecule has 0 atom stereocenters. The highest BCUT2D eigenvalue weighted by Crippen LogP contribution is 2.25. The van der Waals surface area contributed by atoms with E-state index >= 15 is 0 Å². The van der Waals surface area contributed by atoms with E-state index in [0.717, 1.165) is 24.3 Å². The van der Waals surface area contributed by atoms with Gasteiger partial charge < -0.3 is 16.8 Å². The van der Waals surface area contributed by atoms with E-state index in [1.165, 1.54) is 6.07 Å². The molecular formula is C13H10F3N3O. The van der Waals surface area contributed by atoms with Crippen LogP contribution >= 0.6 is 0 Å². The third kappa shape index (κ3) is 2.66. The first-order valence-corrected chi connectivity index (χ1v) is 5.49. The Morgan fingerprint density at radius 3 is 2.30 bits per heavy atom. The number of halogens is 3. The van der Waals surface area contributed by atoms with Crippen molar-refractivity contribution in [3.05, 3.63) is 53.3 Å². The maximum absolute atomic E-state index is 13.7. The van der Waals surface area contributed by atoms with Crippen LogP contribution in [0.3, 0.4) is 0 Å². The summed E-state index contributed by atoms with van der Waals surface area (Å²) in [4.78, 5) is 11.1. The van der Waals surface area contributed by atoms with Crippen molar-refractivity contribution in [2.45, 2.75) is 0 Å². The van der Waals surface area contributed by atoms with Crippen molar-refractivity contribution in [3.63, 3.8) is 0 Å². The van der Waals surface area contributed by atoms with Gasteiger partial charge in [0.1, 0.15) is 5.82 Å². The van der Waals surface area contributed by atoms with Crippen LogP contribution in [0.2, 0.25) is 0 Å². The SMILES string of the molecule is NC(=O)c1cc(Nc2ccc(F)c(F)c2)c(F)cc1N. The fraction of sp³-hybridized carbons (Fsp3) is 0. The molecule has 0 saturated heterocycles. The highest BCUT2D eigenvalue weighted by atomic mass is 19.2. The third-order valence-corrected chi connectivity index (χ3v) is 2.60. The first kappa shape index (κ1) is 13.7. The van der Waals surface area contributed by atoms with E-state index in [-0.39, 0.29) is 22.6 Å². The molecule has 0 aromatic heterocycles. The normalized spacial score (nSPS) is 10.3. The van der Waals surface area contributed by atoms with Crippen molar-refractivity contribution in [2.75, 3.05) is 11.1 Å². The number of hydrogen-bond donors (Lipinski definition) is 3. The van der Waals surface area contributed by atoms with Gasteiger partial charge in [-0.05, 0) is 24.3 Å². The van der Waals surface area contributed by atoms with Crippen LogP contribution in [0.15, 0.2) is 30.3 Å². The number of rotatable bonds is 3. The number of nitrogens with two attached hydrogens (primary N) is 2. The fourth-order valence-electron chi connectivity index (χ4n) is 1.63. The minimum absolute atomic E-state index is 0.0727. The van der Waals surface area contributed by atoms with Crippen LogP contribution in [-0.4, -0.2) is 5.91 Å². The summed E-state index contributed by atoms with van der Waals surface area (Å²) in [6.07, 6.45) is 0. The van der Waals surface area contributed by atoms with E-state index in [1.807, 2.05) is 0 Å². The third-order valence-electron chi connectivity index (χ3n) is 2.60. The first-order chi connectivity index (χ1) is 9.38. The van der Waals surface area contributed by atoms with Crippen molar-refractivity contribution in [2.24, 2.45) is 5.73 Å². The molecule has 4 nitrogen and oxygen atoms in total. The van der Waals surface area contributed by atoms with E-state index < -0.39 is 23.4 Å². The van der Waals surface area contributed by atoms with Crippen LogP contribution < -0.4 is 16.8 Å². The highest BCUT2D eigenvalue weighted by molar-refractivity contribution is 5.99. The van der Waals surface area contributed by atoms with Gasteiger partial charge in [-0.15, -0.1) is 0 Å². The van der Waals surface area contributed by atoms with Gasteiger partial charge in [0.05, 0.1) is 11.3 Å². The molecule has 0 radical (unpaired) electrons. The number of amides is 1. The van der Waals surface area contributed by atoms with Gasteiger partial charge in [0.2, 0.25) is 0 Å². The second kappa shape index (κ2) is 5.12. The van der Waals surface area contributed by atoms with Crippen LogP contribution in [0.25, 0.3) is 0 Å². The second-order valence-corrected chi connectivity index (χ2v) is 4.04. The molecule has 0 saturated carbocycles. The Kier molecular flexibility index (Phi) is 3.51. The Balaban J connectivity index is 2.40. The number of primary amides is 1. The lowest BCUT2D eigenvalue weighted by molar-refractivity contribution is 0.100. The van der Waals surface area contributed by atoms with Crippen molar-refractivity contribution < 1.29 is 18.0 Å². The van der Waals surface area contributed by atoms with Crippen molar-refractivity contribution >= 4 is 23.0 Å². The molecule has 2 aromatic carbocycles. The molecule has 0 bridgehead atoms. The van der Waals surface area contributed by atoms with E-state index in [0.29, 0.717) is 0 Å². The maximum Gasteiger partial charge on any atom is 0.250 e. The largest absolute Gasteiger partial charge is 0.398 e. The van der Waals surface area contributed by atoms with Gasteiger partial charge in [0, 0.05) is 17.4 Å². The molecule has 2 rings (SSSR count). The van der Waals surface area contributed by atoms with Gasteiger partial charge in [-0.2, -0.15) is 0 Å². The first-order valence-electron chi connectivity index (χ1n) is 5.49. The number of carbonyl (C=O) groups excluding carboxylic acids is 1. The molecular weight excluding hydrogens is 271 g/mol. The smallest absolute Gasteiger partial charge is 0.250 e. The minimum Gasteiger partial charge on any atom is -0.398 e. The van der Waals surface area contributed by atoms with Gasteiger partial charge in [-0.1, -0.05) is 0 Å². The van der Waals surface area contributed by atoms with Crippen LogP contribution in [0.1, 0.15) is 10.4 Å². The van der Waals surface area contributed by atoms with Gasteiger partial charge in [-0.3, -0.25) is 4.79 Å². The molecule has 104 valence electrons. The molecule has 0 spiro atoms. The van der Waals surface area contributed by atoms with Gasteiger partial charge in [0.25, 0.3) is 5.91 Å².